The van der Waals surface area contributed by atoms with E-state index in [1.807, 2.05) is 6.92 Å². The average molecular weight is 342 g/mol. The molecule has 2 aromatic rings. The van der Waals surface area contributed by atoms with Crippen molar-refractivity contribution in [3.63, 3.8) is 0 Å². The van der Waals surface area contributed by atoms with Gasteiger partial charge in [0.15, 0.2) is 0 Å². The Balaban J connectivity index is 2.21. The molecular weight excluding hydrogens is 328 g/mol. The number of aryl methyl sites for hydroxylation is 1. The molecule has 0 fully saturated rings. The van der Waals surface area contributed by atoms with Crippen molar-refractivity contribution in [3.8, 4) is 5.75 Å². The van der Waals surface area contributed by atoms with E-state index >= 15 is 0 Å². The van der Waals surface area contributed by atoms with Crippen LogP contribution in [-0.2, 0) is 11.2 Å². The summed E-state index contributed by atoms with van der Waals surface area (Å²) in [6, 6.07) is 7.61. The monoisotopic (exact) mass is 341 g/mol. The van der Waals surface area contributed by atoms with E-state index in [2.05, 4.69) is 5.32 Å². The van der Waals surface area contributed by atoms with E-state index in [1.54, 1.807) is 18.2 Å². The van der Waals surface area contributed by atoms with Crippen LogP contribution in [0.2, 0.25) is 10.0 Å². The molecule has 3 nitrogen and oxygen atoms in total. The number of methoxy groups -OCH3 is 1. The van der Waals surface area contributed by atoms with Crippen LogP contribution < -0.4 is 10.1 Å². The van der Waals surface area contributed by atoms with Gasteiger partial charge in [0.05, 0.1) is 19.2 Å². The summed E-state index contributed by atoms with van der Waals surface area (Å²) in [5.74, 6) is -0.475. The summed E-state index contributed by atoms with van der Waals surface area (Å²) in [6.07, 6.45) is -0.170. The lowest BCUT2D eigenvalue weighted by Crippen LogP contribution is -2.16. The number of anilines is 1. The number of hydrogen-bond acceptors (Lipinski definition) is 2. The molecule has 116 valence electrons. The molecule has 0 spiro atoms. The predicted octanol–water partition coefficient (Wildman–Crippen LogP) is 4.63. The summed E-state index contributed by atoms with van der Waals surface area (Å²) < 4.78 is 18.9. The highest BCUT2D eigenvalue weighted by molar-refractivity contribution is 6.32. The van der Waals surface area contributed by atoms with E-state index in [0.29, 0.717) is 16.5 Å². The molecule has 6 heteroatoms. The van der Waals surface area contributed by atoms with Crippen molar-refractivity contribution in [2.75, 3.05) is 12.4 Å². The molecule has 0 bridgehead atoms. The second kappa shape index (κ2) is 6.99. The quantitative estimate of drug-likeness (QED) is 0.880. The minimum Gasteiger partial charge on any atom is -0.495 e. The average Bonchev–Trinajstić information content (AvgIpc) is 2.46. The van der Waals surface area contributed by atoms with Crippen molar-refractivity contribution in [2.24, 2.45) is 0 Å². The third-order valence-corrected chi connectivity index (χ3v) is 3.92. The maximum absolute atomic E-state index is 13.7. The van der Waals surface area contributed by atoms with Crippen LogP contribution in [0, 0.1) is 12.7 Å². The molecule has 2 aromatic carbocycles. The fourth-order valence-electron chi connectivity index (χ4n) is 1.99. The lowest BCUT2D eigenvalue weighted by atomic mass is 10.1. The van der Waals surface area contributed by atoms with E-state index < -0.39 is 11.7 Å². The second-order valence-electron chi connectivity index (χ2n) is 4.73. The van der Waals surface area contributed by atoms with E-state index in [9.17, 15) is 9.18 Å². The Morgan fingerprint density at radius 1 is 1.27 bits per heavy atom. The van der Waals surface area contributed by atoms with Gasteiger partial charge < -0.3 is 10.1 Å². The normalized spacial score (nSPS) is 10.4. The van der Waals surface area contributed by atoms with E-state index in [1.165, 1.54) is 19.2 Å². The Morgan fingerprint density at radius 2 is 2.00 bits per heavy atom. The van der Waals surface area contributed by atoms with Gasteiger partial charge in [0.2, 0.25) is 5.91 Å². The largest absolute Gasteiger partial charge is 0.495 e. The van der Waals surface area contributed by atoms with Crippen molar-refractivity contribution in [1.82, 2.24) is 0 Å². The highest BCUT2D eigenvalue weighted by atomic mass is 35.5. The van der Waals surface area contributed by atoms with Crippen LogP contribution in [0.15, 0.2) is 30.3 Å². The smallest absolute Gasteiger partial charge is 0.229 e. The molecule has 0 aliphatic heterocycles. The Kier molecular flexibility index (Phi) is 5.27. The van der Waals surface area contributed by atoms with Crippen molar-refractivity contribution >= 4 is 34.8 Å². The summed E-state index contributed by atoms with van der Waals surface area (Å²) in [5, 5.41) is 3.44. The predicted molar refractivity (Wildman–Crippen MR) is 86.5 cm³/mol. The van der Waals surface area contributed by atoms with Crippen molar-refractivity contribution in [3.05, 3.63) is 57.3 Å². The van der Waals surface area contributed by atoms with Crippen LogP contribution in [0.3, 0.4) is 0 Å². The van der Waals surface area contributed by atoms with Gasteiger partial charge in [-0.05, 0) is 30.7 Å². The van der Waals surface area contributed by atoms with Crippen molar-refractivity contribution in [1.29, 1.82) is 0 Å². The van der Waals surface area contributed by atoms with Gasteiger partial charge in [-0.25, -0.2) is 4.39 Å². The number of halogens is 3. The lowest BCUT2D eigenvalue weighted by molar-refractivity contribution is -0.115. The van der Waals surface area contributed by atoms with Gasteiger partial charge in [0, 0.05) is 21.7 Å². The van der Waals surface area contributed by atoms with E-state index in [-0.39, 0.29) is 17.0 Å². The molecule has 0 heterocycles. The van der Waals surface area contributed by atoms with Gasteiger partial charge in [-0.1, -0.05) is 29.3 Å². The Bertz CT molecular complexity index is 699. The molecule has 0 aliphatic carbocycles. The van der Waals surface area contributed by atoms with Crippen LogP contribution >= 0.6 is 23.2 Å². The van der Waals surface area contributed by atoms with E-state index in [4.69, 9.17) is 27.9 Å². The van der Waals surface area contributed by atoms with Gasteiger partial charge >= 0.3 is 0 Å². The topological polar surface area (TPSA) is 38.3 Å². The number of rotatable bonds is 4. The molecule has 0 saturated carbocycles. The highest BCUT2D eigenvalue weighted by Gasteiger charge is 2.14. The van der Waals surface area contributed by atoms with Crippen LogP contribution in [0.25, 0.3) is 0 Å². The highest BCUT2D eigenvalue weighted by Crippen LogP contribution is 2.31. The van der Waals surface area contributed by atoms with Crippen LogP contribution in [-0.4, -0.2) is 13.0 Å². The number of ether oxygens (including phenoxy) is 1. The molecule has 0 radical (unpaired) electrons. The summed E-state index contributed by atoms with van der Waals surface area (Å²) in [5.41, 5.74) is 1.43. The molecule has 0 atom stereocenters. The van der Waals surface area contributed by atoms with Gasteiger partial charge in [-0.3, -0.25) is 4.79 Å². The number of hydrogen-bond donors (Lipinski definition) is 1. The Morgan fingerprint density at radius 3 is 2.64 bits per heavy atom. The van der Waals surface area contributed by atoms with Crippen molar-refractivity contribution < 1.29 is 13.9 Å². The number of carbonyl (C=O) groups is 1. The molecular formula is C16H14Cl2FNO2. The maximum atomic E-state index is 13.7. The molecule has 1 N–H and O–H groups in total. The second-order valence-corrected chi connectivity index (χ2v) is 5.54. The molecule has 22 heavy (non-hydrogen) atoms. The zero-order chi connectivity index (χ0) is 16.3. The number of amides is 1. The fourth-order valence-corrected chi connectivity index (χ4v) is 2.37. The number of nitrogens with one attached hydrogen (secondary N) is 1. The van der Waals surface area contributed by atoms with Crippen molar-refractivity contribution in [2.45, 2.75) is 13.3 Å². The summed E-state index contributed by atoms with van der Waals surface area (Å²) in [4.78, 5) is 12.1. The molecule has 2 rings (SSSR count). The minimum absolute atomic E-state index is 0.159. The molecule has 0 aromatic heterocycles. The first-order chi connectivity index (χ1) is 10.4. The third-order valence-electron chi connectivity index (χ3n) is 3.15. The standard InChI is InChI=1S/C16H14Cl2FNO2/c1-9-6-14(15(22-2)8-12(9)18)20-16(21)7-10-11(17)4-3-5-13(10)19/h3-6,8H,7H2,1-2H3,(H,20,21). The van der Waals surface area contributed by atoms with Gasteiger partial charge in [-0.2, -0.15) is 0 Å². The van der Waals surface area contributed by atoms with Crippen LogP contribution in [0.5, 0.6) is 5.75 Å². The molecule has 1 amide bonds. The first-order valence-electron chi connectivity index (χ1n) is 6.49. The third kappa shape index (κ3) is 3.70. The first kappa shape index (κ1) is 16.6. The zero-order valence-corrected chi connectivity index (χ0v) is 13.6. The van der Waals surface area contributed by atoms with Gasteiger partial charge in [0.1, 0.15) is 11.6 Å². The number of benzene rings is 2. The molecule has 0 unspecified atom stereocenters. The summed E-state index contributed by atoms with van der Waals surface area (Å²) >= 11 is 11.9. The maximum Gasteiger partial charge on any atom is 0.229 e. The zero-order valence-electron chi connectivity index (χ0n) is 12.0. The van der Waals surface area contributed by atoms with Gasteiger partial charge in [0.25, 0.3) is 0 Å². The van der Waals surface area contributed by atoms with Gasteiger partial charge in [-0.15, -0.1) is 0 Å². The molecule has 0 saturated heterocycles. The lowest BCUT2D eigenvalue weighted by Gasteiger charge is -2.13. The van der Waals surface area contributed by atoms with Crippen LogP contribution in [0.4, 0.5) is 10.1 Å². The Hall–Kier alpha value is -1.78. The molecule has 0 aliphatic rings. The summed E-state index contributed by atoms with van der Waals surface area (Å²) in [7, 11) is 1.48. The Labute approximate surface area is 138 Å². The van der Waals surface area contributed by atoms with E-state index in [0.717, 1.165) is 5.56 Å². The number of carbonyl (C=O) groups excluding carboxylic acids is 1. The van der Waals surface area contributed by atoms with Crippen LogP contribution in [0.1, 0.15) is 11.1 Å². The first-order valence-corrected chi connectivity index (χ1v) is 7.25. The fraction of sp³-hybridized carbons (Fsp3) is 0.188. The summed E-state index contributed by atoms with van der Waals surface area (Å²) in [6.45, 7) is 1.81. The minimum atomic E-state index is -0.512. The SMILES string of the molecule is COc1cc(Cl)c(C)cc1NC(=O)Cc1c(F)cccc1Cl.